The van der Waals surface area contributed by atoms with Gasteiger partial charge >= 0.3 is 6.18 Å². The van der Waals surface area contributed by atoms with Crippen LogP contribution < -0.4 is 5.56 Å². The fourth-order valence-corrected chi connectivity index (χ4v) is 5.20. The Bertz CT molecular complexity index is 1330. The number of benzene rings is 1. The Morgan fingerprint density at radius 3 is 2.59 bits per heavy atom. The predicted octanol–water partition coefficient (Wildman–Crippen LogP) is 4.38. The van der Waals surface area contributed by atoms with E-state index in [2.05, 4.69) is 9.88 Å². The molecular weight excluding hydrogens is 509 g/mol. The van der Waals surface area contributed by atoms with E-state index in [1.165, 1.54) is 10.6 Å². The van der Waals surface area contributed by atoms with Crippen LogP contribution in [0, 0.1) is 5.92 Å². The molecule has 2 aliphatic heterocycles. The van der Waals surface area contributed by atoms with E-state index in [1.54, 1.807) is 35.0 Å². The molecule has 1 aromatic carbocycles. The third-order valence-electron chi connectivity index (χ3n) is 7.11. The molecule has 1 atom stereocenters. The van der Waals surface area contributed by atoms with Crippen LogP contribution in [-0.2, 0) is 22.5 Å². The number of nitrogens with zero attached hydrogens (tertiary/aromatic N) is 4. The molecule has 2 aliphatic rings. The molecule has 0 amide bonds. The fraction of sp³-hybridized carbons (Fsp3) is 0.500. The van der Waals surface area contributed by atoms with Crippen molar-refractivity contribution in [3.8, 4) is 11.3 Å². The fourth-order valence-electron chi connectivity index (χ4n) is 5.08. The summed E-state index contributed by atoms with van der Waals surface area (Å²) in [6, 6.07) is 7.34. The van der Waals surface area contributed by atoms with E-state index in [4.69, 9.17) is 16.3 Å². The number of rotatable bonds is 9. The van der Waals surface area contributed by atoms with E-state index < -0.39 is 12.6 Å². The molecule has 3 aromatic rings. The number of hydrogen-bond acceptors (Lipinski definition) is 5. The van der Waals surface area contributed by atoms with Crippen molar-refractivity contribution in [1.29, 1.82) is 0 Å². The van der Waals surface area contributed by atoms with Crippen molar-refractivity contribution < 1.29 is 22.7 Å². The zero-order valence-corrected chi connectivity index (χ0v) is 21.0. The van der Waals surface area contributed by atoms with Crippen molar-refractivity contribution in [3.05, 3.63) is 57.6 Å². The van der Waals surface area contributed by atoms with Gasteiger partial charge in [-0.05, 0) is 37.4 Å². The van der Waals surface area contributed by atoms with Gasteiger partial charge in [-0.1, -0.05) is 23.7 Å². The summed E-state index contributed by atoms with van der Waals surface area (Å²) >= 11 is 5.97. The van der Waals surface area contributed by atoms with E-state index >= 15 is 0 Å². The lowest BCUT2D eigenvalue weighted by atomic mass is 9.98. The van der Waals surface area contributed by atoms with Gasteiger partial charge in [0.1, 0.15) is 5.78 Å². The summed E-state index contributed by atoms with van der Waals surface area (Å²) in [5, 5.41) is 0.548. The average molecular weight is 537 g/mol. The van der Waals surface area contributed by atoms with Gasteiger partial charge in [0.25, 0.3) is 5.56 Å². The minimum atomic E-state index is -4.28. The van der Waals surface area contributed by atoms with Crippen molar-refractivity contribution in [2.24, 2.45) is 5.92 Å². The molecule has 4 heterocycles. The Kier molecular flexibility index (Phi) is 7.42. The summed E-state index contributed by atoms with van der Waals surface area (Å²) in [6.45, 7) is 3.26. The third-order valence-corrected chi connectivity index (χ3v) is 7.36. The van der Waals surface area contributed by atoms with Gasteiger partial charge in [-0.2, -0.15) is 13.2 Å². The van der Waals surface area contributed by atoms with Gasteiger partial charge in [0.2, 0.25) is 5.78 Å². The Labute approximate surface area is 216 Å². The lowest BCUT2D eigenvalue weighted by Crippen LogP contribution is -2.47. The van der Waals surface area contributed by atoms with Crippen molar-refractivity contribution in [3.63, 3.8) is 0 Å². The lowest BCUT2D eigenvalue weighted by molar-refractivity contribution is -0.135. The maximum absolute atomic E-state index is 13.3. The standard InChI is InChI=1S/C26H28ClF3N4O3/c27-20-4-2-18(3-5-20)23-14-34-24(36)19(13-33(25(34)31-23)8-1-7-26(28,29)30)11-22(35)10-17-6-9-32(12-17)21-15-37-16-21/h2-5,13-14,17,21H,1,6-12,15-16H2/t17-/m1/s1. The number of ether oxygens (including phenoxy) is 1. The molecule has 2 aromatic heterocycles. The molecule has 2 saturated heterocycles. The van der Waals surface area contributed by atoms with Crippen LogP contribution in [0.3, 0.4) is 0 Å². The monoisotopic (exact) mass is 536 g/mol. The van der Waals surface area contributed by atoms with Crippen LogP contribution in [0.1, 0.15) is 31.2 Å². The van der Waals surface area contributed by atoms with E-state index in [1.807, 2.05) is 0 Å². The van der Waals surface area contributed by atoms with Crippen molar-refractivity contribution >= 4 is 23.2 Å². The second-order valence-electron chi connectivity index (χ2n) is 9.94. The molecule has 11 heteroatoms. The van der Waals surface area contributed by atoms with Gasteiger partial charge in [0, 0.05) is 60.9 Å². The molecule has 0 saturated carbocycles. The van der Waals surface area contributed by atoms with Crippen LogP contribution in [0.15, 0.2) is 41.5 Å². The number of alkyl halides is 3. The summed E-state index contributed by atoms with van der Waals surface area (Å²) in [4.78, 5) is 33.1. The summed E-state index contributed by atoms with van der Waals surface area (Å²) in [5.41, 5.74) is 1.08. The van der Waals surface area contributed by atoms with Gasteiger partial charge in [0.05, 0.1) is 24.9 Å². The van der Waals surface area contributed by atoms with Gasteiger partial charge in [-0.3, -0.25) is 18.9 Å². The largest absolute Gasteiger partial charge is 0.389 e. The number of halogens is 4. The molecule has 5 rings (SSSR count). The smallest absolute Gasteiger partial charge is 0.378 e. The number of fused-ring (bicyclic) bond motifs is 1. The zero-order chi connectivity index (χ0) is 26.2. The minimum Gasteiger partial charge on any atom is -0.378 e. The van der Waals surface area contributed by atoms with Crippen LogP contribution in [0.25, 0.3) is 17.0 Å². The van der Waals surface area contributed by atoms with Crippen LogP contribution >= 0.6 is 11.6 Å². The van der Waals surface area contributed by atoms with Crippen LogP contribution in [0.4, 0.5) is 13.2 Å². The summed E-state index contributed by atoms with van der Waals surface area (Å²) in [5.74, 6) is 0.422. The zero-order valence-electron chi connectivity index (χ0n) is 20.2. The lowest BCUT2D eigenvalue weighted by Gasteiger charge is -2.34. The maximum atomic E-state index is 13.3. The van der Waals surface area contributed by atoms with E-state index in [0.717, 1.165) is 38.3 Å². The van der Waals surface area contributed by atoms with Crippen LogP contribution in [-0.4, -0.2) is 63.2 Å². The highest BCUT2D eigenvalue weighted by molar-refractivity contribution is 6.30. The number of imidazole rings is 1. The number of ketones is 1. The molecule has 198 valence electrons. The SMILES string of the molecule is O=C(Cc1cn(CCCC(F)(F)F)c2nc(-c3ccc(Cl)cc3)cn2c1=O)C[C@H]1CCN(C2COC2)C1. The van der Waals surface area contributed by atoms with Gasteiger partial charge in [-0.25, -0.2) is 4.98 Å². The minimum absolute atomic E-state index is 0.0165. The number of aromatic nitrogens is 3. The first-order valence-electron chi connectivity index (χ1n) is 12.4. The number of Topliss-reactive ketones (excluding diaryl/α,β-unsaturated/α-hetero) is 1. The highest BCUT2D eigenvalue weighted by atomic mass is 35.5. The molecule has 0 radical (unpaired) electrons. The molecule has 37 heavy (non-hydrogen) atoms. The molecule has 0 N–H and O–H groups in total. The first-order chi connectivity index (χ1) is 17.7. The second kappa shape index (κ2) is 10.6. The summed E-state index contributed by atoms with van der Waals surface area (Å²) in [6.07, 6.45) is -1.10. The Hall–Kier alpha value is -2.69. The molecule has 2 fully saturated rings. The molecule has 0 aliphatic carbocycles. The highest BCUT2D eigenvalue weighted by Crippen LogP contribution is 2.26. The third kappa shape index (κ3) is 6.08. The van der Waals surface area contributed by atoms with Crippen molar-refractivity contribution in [1.82, 2.24) is 18.9 Å². The second-order valence-corrected chi connectivity index (χ2v) is 10.4. The van der Waals surface area contributed by atoms with Gasteiger partial charge in [0.15, 0.2) is 0 Å². The first kappa shape index (κ1) is 25.9. The van der Waals surface area contributed by atoms with Crippen molar-refractivity contribution in [2.75, 3.05) is 26.3 Å². The average Bonchev–Trinajstić information content (AvgIpc) is 3.43. The highest BCUT2D eigenvalue weighted by Gasteiger charge is 2.33. The number of hydrogen-bond donors (Lipinski definition) is 0. The van der Waals surface area contributed by atoms with E-state index in [9.17, 15) is 22.8 Å². The Balaban J connectivity index is 1.38. The molecular formula is C26H28ClF3N4O3. The molecule has 0 unspecified atom stereocenters. The Morgan fingerprint density at radius 1 is 1.16 bits per heavy atom. The summed E-state index contributed by atoms with van der Waals surface area (Å²) in [7, 11) is 0. The van der Waals surface area contributed by atoms with Crippen LogP contribution in [0.5, 0.6) is 0 Å². The number of likely N-dealkylation sites (tertiary alicyclic amines) is 1. The van der Waals surface area contributed by atoms with Crippen molar-refractivity contribution in [2.45, 2.75) is 50.9 Å². The number of carbonyl (C=O) groups excluding carboxylic acids is 1. The number of carbonyl (C=O) groups is 1. The topological polar surface area (TPSA) is 68.8 Å². The predicted molar refractivity (Wildman–Crippen MR) is 133 cm³/mol. The van der Waals surface area contributed by atoms with Crippen LogP contribution in [0.2, 0.25) is 5.02 Å². The van der Waals surface area contributed by atoms with E-state index in [0.29, 0.717) is 23.2 Å². The number of aryl methyl sites for hydroxylation is 1. The molecule has 0 bridgehead atoms. The van der Waals surface area contributed by atoms with E-state index in [-0.39, 0.29) is 48.0 Å². The normalized spacial score (nSPS) is 19.0. The Morgan fingerprint density at radius 2 is 1.92 bits per heavy atom. The molecule has 0 spiro atoms. The molecule has 7 nitrogen and oxygen atoms in total. The summed E-state index contributed by atoms with van der Waals surface area (Å²) < 4.78 is 46.5. The van der Waals surface area contributed by atoms with Gasteiger partial charge in [-0.15, -0.1) is 0 Å². The maximum Gasteiger partial charge on any atom is 0.389 e. The van der Waals surface area contributed by atoms with Gasteiger partial charge < -0.3 is 9.30 Å². The quantitative estimate of drug-likeness (QED) is 0.406. The first-order valence-corrected chi connectivity index (χ1v) is 12.8.